The number of benzene rings is 1. The number of aromatic nitrogens is 3. The van der Waals surface area contributed by atoms with Crippen LogP contribution < -0.4 is 10.1 Å². The predicted molar refractivity (Wildman–Crippen MR) is 142 cm³/mol. The minimum atomic E-state index is -1.20. The highest BCUT2D eigenvalue weighted by molar-refractivity contribution is 5.78. The Balaban J connectivity index is 1.81. The van der Waals surface area contributed by atoms with Crippen LogP contribution in [0.25, 0.3) is 17.0 Å². The molecule has 1 unspecified atom stereocenters. The highest BCUT2D eigenvalue weighted by Crippen LogP contribution is 2.47. The molecule has 1 N–H and O–H groups in total. The van der Waals surface area contributed by atoms with Crippen molar-refractivity contribution in [1.29, 1.82) is 5.26 Å². The zero-order valence-corrected chi connectivity index (χ0v) is 22.0. The third-order valence-corrected chi connectivity index (χ3v) is 5.85. The molecular weight excluding hydrogens is 498 g/mol. The van der Waals surface area contributed by atoms with Crippen LogP contribution in [0, 0.1) is 18.3 Å². The minimum Gasteiger partial charge on any atom is -0.461 e. The third kappa shape index (κ3) is 6.30. The number of nitrogens with one attached hydrogen (secondary N) is 1. The van der Waals surface area contributed by atoms with Gasteiger partial charge in [0.05, 0.1) is 30.9 Å². The summed E-state index contributed by atoms with van der Waals surface area (Å²) in [5.41, 5.74) is 2.00. The molecule has 3 heterocycles. The summed E-state index contributed by atoms with van der Waals surface area (Å²) in [6, 6.07) is 12.9. The Labute approximate surface area is 225 Å². The maximum absolute atomic E-state index is 11.6. The van der Waals surface area contributed by atoms with E-state index in [1.54, 1.807) is 49.8 Å². The standard InChI is InChI=1S/C28H27N7O4/c1-17-10-22(12-23(11-17)39-20(4)37)28(7-8-29)24(16-32-35-28)25-13-26(31-14-18(2)38-19(3)36)34-27(33-25)21-6-5-9-30-15-21/h5-6,9-13,15-16,18H,7,14H2,1-4H3,(H,31,33,34)/t18-,28?/m0/s1. The van der Waals surface area contributed by atoms with Crippen molar-refractivity contribution in [1.82, 2.24) is 15.0 Å². The number of rotatable bonds is 9. The summed E-state index contributed by atoms with van der Waals surface area (Å²) in [5, 5.41) is 21.8. The molecular formula is C28H27N7O4. The lowest BCUT2D eigenvalue weighted by Crippen LogP contribution is -2.25. The molecule has 0 fully saturated rings. The average molecular weight is 526 g/mol. The molecule has 0 saturated heterocycles. The number of esters is 2. The second kappa shape index (κ2) is 11.6. The first-order valence-corrected chi connectivity index (χ1v) is 12.2. The Morgan fingerprint density at radius 1 is 1.15 bits per heavy atom. The van der Waals surface area contributed by atoms with Gasteiger partial charge in [-0.2, -0.15) is 15.5 Å². The number of carbonyl (C=O) groups excluding carboxylic acids is 2. The summed E-state index contributed by atoms with van der Waals surface area (Å²) in [7, 11) is 0. The zero-order chi connectivity index (χ0) is 28.0. The first kappa shape index (κ1) is 27.1. The molecule has 0 bridgehead atoms. The number of nitriles is 1. The van der Waals surface area contributed by atoms with Gasteiger partial charge >= 0.3 is 11.9 Å². The van der Waals surface area contributed by atoms with Crippen molar-refractivity contribution >= 4 is 23.3 Å². The molecule has 1 aliphatic rings. The molecule has 4 rings (SSSR count). The van der Waals surface area contributed by atoms with Gasteiger partial charge in [0.1, 0.15) is 23.2 Å². The lowest BCUT2D eigenvalue weighted by molar-refractivity contribution is -0.144. The average Bonchev–Trinajstić information content (AvgIpc) is 3.32. The van der Waals surface area contributed by atoms with Crippen molar-refractivity contribution in [3.63, 3.8) is 0 Å². The predicted octanol–water partition coefficient (Wildman–Crippen LogP) is 4.75. The molecule has 39 heavy (non-hydrogen) atoms. The number of ether oxygens (including phenoxy) is 2. The third-order valence-electron chi connectivity index (χ3n) is 5.85. The number of nitrogens with zero attached hydrogens (tertiary/aromatic N) is 6. The van der Waals surface area contributed by atoms with Crippen molar-refractivity contribution in [2.45, 2.75) is 45.8 Å². The van der Waals surface area contributed by atoms with Crippen LogP contribution in [0.4, 0.5) is 5.82 Å². The van der Waals surface area contributed by atoms with Crippen LogP contribution in [-0.4, -0.2) is 39.5 Å². The Morgan fingerprint density at radius 3 is 2.67 bits per heavy atom. The fourth-order valence-corrected chi connectivity index (χ4v) is 4.27. The molecule has 0 saturated carbocycles. The van der Waals surface area contributed by atoms with Crippen LogP contribution in [0.5, 0.6) is 5.75 Å². The maximum atomic E-state index is 11.6. The number of azo groups is 1. The van der Waals surface area contributed by atoms with Crippen LogP contribution >= 0.6 is 0 Å². The van der Waals surface area contributed by atoms with Gasteiger partial charge in [-0.25, -0.2) is 9.97 Å². The molecule has 11 heteroatoms. The van der Waals surface area contributed by atoms with Gasteiger partial charge in [0.2, 0.25) is 0 Å². The molecule has 1 aromatic carbocycles. The fourth-order valence-electron chi connectivity index (χ4n) is 4.27. The Bertz CT molecular complexity index is 1500. The van der Waals surface area contributed by atoms with Gasteiger partial charge in [-0.3, -0.25) is 14.6 Å². The summed E-state index contributed by atoms with van der Waals surface area (Å²) in [4.78, 5) is 36.6. The number of anilines is 1. The molecule has 0 spiro atoms. The van der Waals surface area contributed by atoms with E-state index in [0.717, 1.165) is 5.56 Å². The zero-order valence-electron chi connectivity index (χ0n) is 22.0. The molecule has 3 aromatic rings. The van der Waals surface area contributed by atoms with Crippen LogP contribution in [0.3, 0.4) is 0 Å². The van der Waals surface area contributed by atoms with Crippen molar-refractivity contribution in [2.24, 2.45) is 10.2 Å². The lowest BCUT2D eigenvalue weighted by atomic mass is 9.79. The maximum Gasteiger partial charge on any atom is 0.308 e. The second-order valence-corrected chi connectivity index (χ2v) is 9.09. The second-order valence-electron chi connectivity index (χ2n) is 9.09. The first-order chi connectivity index (χ1) is 18.7. The van der Waals surface area contributed by atoms with E-state index in [-0.39, 0.29) is 12.4 Å². The molecule has 198 valence electrons. The topological polar surface area (TPSA) is 152 Å². The van der Waals surface area contributed by atoms with E-state index in [0.29, 0.717) is 46.3 Å². The van der Waals surface area contributed by atoms with Gasteiger partial charge in [0, 0.05) is 43.4 Å². The summed E-state index contributed by atoms with van der Waals surface area (Å²) in [5.74, 6) is 0.376. The summed E-state index contributed by atoms with van der Waals surface area (Å²) in [6.07, 6.45) is 4.44. The molecule has 0 amide bonds. The van der Waals surface area contributed by atoms with Gasteiger partial charge in [0.25, 0.3) is 0 Å². The largest absolute Gasteiger partial charge is 0.461 e. The quantitative estimate of drug-likeness (QED) is 0.308. The van der Waals surface area contributed by atoms with E-state index in [2.05, 4.69) is 31.6 Å². The Kier molecular flexibility index (Phi) is 8.05. The number of pyridine rings is 1. The normalized spacial score (nSPS) is 16.6. The van der Waals surface area contributed by atoms with Crippen molar-refractivity contribution < 1.29 is 19.1 Å². The number of aryl methyl sites for hydroxylation is 1. The fraction of sp³-hybridized carbons (Fsp3) is 0.286. The SMILES string of the molecule is CC(=O)Oc1cc(C)cc(C2(CC#N)N=NC=C2c2cc(NC[C@H](C)OC(C)=O)nc(-c3cccnc3)n2)c1. The van der Waals surface area contributed by atoms with Crippen LogP contribution in [0.15, 0.2) is 65.2 Å². The Morgan fingerprint density at radius 2 is 1.97 bits per heavy atom. The van der Waals surface area contributed by atoms with Gasteiger partial charge in [-0.05, 0) is 49.2 Å². The van der Waals surface area contributed by atoms with Crippen LogP contribution in [0.2, 0.25) is 0 Å². The van der Waals surface area contributed by atoms with Gasteiger partial charge < -0.3 is 14.8 Å². The molecule has 0 aliphatic carbocycles. The van der Waals surface area contributed by atoms with E-state index in [1.807, 2.05) is 19.1 Å². The van der Waals surface area contributed by atoms with Crippen LogP contribution in [0.1, 0.15) is 44.0 Å². The van der Waals surface area contributed by atoms with Gasteiger partial charge in [-0.15, -0.1) is 0 Å². The summed E-state index contributed by atoms with van der Waals surface area (Å²) in [6.45, 7) is 6.62. The van der Waals surface area contributed by atoms with E-state index in [9.17, 15) is 14.9 Å². The van der Waals surface area contributed by atoms with E-state index in [4.69, 9.17) is 14.5 Å². The highest BCUT2D eigenvalue weighted by Gasteiger charge is 2.42. The molecule has 0 radical (unpaired) electrons. The molecule has 2 aromatic heterocycles. The highest BCUT2D eigenvalue weighted by atomic mass is 16.5. The van der Waals surface area contributed by atoms with Crippen LogP contribution in [-0.2, 0) is 19.9 Å². The van der Waals surface area contributed by atoms with Crippen molar-refractivity contribution in [3.05, 3.63) is 71.8 Å². The summed E-state index contributed by atoms with van der Waals surface area (Å²) < 4.78 is 10.6. The smallest absolute Gasteiger partial charge is 0.308 e. The lowest BCUT2D eigenvalue weighted by Gasteiger charge is -2.27. The van der Waals surface area contributed by atoms with E-state index >= 15 is 0 Å². The van der Waals surface area contributed by atoms with Crippen molar-refractivity contribution in [3.8, 4) is 23.2 Å². The van der Waals surface area contributed by atoms with E-state index < -0.39 is 17.6 Å². The molecule has 11 nitrogen and oxygen atoms in total. The first-order valence-electron chi connectivity index (χ1n) is 12.2. The minimum absolute atomic E-state index is 0.0379. The van der Waals surface area contributed by atoms with Gasteiger partial charge in [0.15, 0.2) is 5.82 Å². The summed E-state index contributed by atoms with van der Waals surface area (Å²) >= 11 is 0. The molecule has 1 aliphatic heterocycles. The number of hydrogen-bond donors (Lipinski definition) is 1. The van der Waals surface area contributed by atoms with Gasteiger partial charge in [-0.1, -0.05) is 6.07 Å². The monoisotopic (exact) mass is 525 g/mol. The Hall–Kier alpha value is -4.98. The molecule has 2 atom stereocenters. The number of hydrogen-bond acceptors (Lipinski definition) is 11. The number of carbonyl (C=O) groups is 2. The van der Waals surface area contributed by atoms with Crippen molar-refractivity contribution in [2.75, 3.05) is 11.9 Å². The van der Waals surface area contributed by atoms with E-state index in [1.165, 1.54) is 13.8 Å².